The van der Waals surface area contributed by atoms with Crippen LogP contribution in [-0.4, -0.2) is 38.3 Å². The Kier molecular flexibility index (Phi) is 4.49. The van der Waals surface area contributed by atoms with Gasteiger partial charge in [0.15, 0.2) is 0 Å². The van der Waals surface area contributed by atoms with Gasteiger partial charge in [0.05, 0.1) is 12.8 Å². The third-order valence-corrected chi connectivity index (χ3v) is 3.06. The Morgan fingerprint density at radius 2 is 2.33 bits per heavy atom. The van der Waals surface area contributed by atoms with Gasteiger partial charge in [-0.2, -0.15) is 0 Å². The van der Waals surface area contributed by atoms with Gasteiger partial charge < -0.3 is 15.0 Å². The number of methoxy groups -OCH3 is 1. The molecule has 1 saturated carbocycles. The summed E-state index contributed by atoms with van der Waals surface area (Å²) in [5, 5.41) is 3.39. The highest BCUT2D eigenvalue weighted by atomic mass is 19.1. The number of rotatable bonds is 7. The predicted molar refractivity (Wildman–Crippen MR) is 69.2 cm³/mol. The SMILES string of the molecule is COCCN(C)c1ncc(F)cc1CNC1CC1. The minimum Gasteiger partial charge on any atom is -0.383 e. The first kappa shape index (κ1) is 13.2. The summed E-state index contributed by atoms with van der Waals surface area (Å²) in [6.45, 7) is 2.04. The van der Waals surface area contributed by atoms with Crippen LogP contribution in [0.3, 0.4) is 0 Å². The number of aromatic nitrogens is 1. The second-order valence-electron chi connectivity index (χ2n) is 4.71. The molecule has 100 valence electrons. The molecule has 2 rings (SSSR count). The molecule has 1 fully saturated rings. The molecule has 0 radical (unpaired) electrons. The Labute approximate surface area is 107 Å². The van der Waals surface area contributed by atoms with Gasteiger partial charge in [-0.15, -0.1) is 0 Å². The second kappa shape index (κ2) is 6.11. The molecule has 0 spiro atoms. The monoisotopic (exact) mass is 253 g/mol. The summed E-state index contributed by atoms with van der Waals surface area (Å²) in [4.78, 5) is 6.18. The van der Waals surface area contributed by atoms with Crippen molar-refractivity contribution in [3.8, 4) is 0 Å². The zero-order chi connectivity index (χ0) is 13.0. The first-order valence-electron chi connectivity index (χ1n) is 6.28. The van der Waals surface area contributed by atoms with Crippen LogP contribution in [0.15, 0.2) is 12.3 Å². The maximum atomic E-state index is 13.3. The van der Waals surface area contributed by atoms with E-state index in [9.17, 15) is 4.39 Å². The molecule has 4 nitrogen and oxygen atoms in total. The summed E-state index contributed by atoms with van der Waals surface area (Å²) in [5.74, 6) is 0.535. The van der Waals surface area contributed by atoms with Crippen LogP contribution in [0, 0.1) is 5.82 Å². The van der Waals surface area contributed by atoms with Crippen LogP contribution >= 0.6 is 0 Å². The van der Waals surface area contributed by atoms with E-state index in [0.717, 1.165) is 17.9 Å². The number of hydrogen-bond donors (Lipinski definition) is 1. The molecule has 1 aliphatic rings. The van der Waals surface area contributed by atoms with Gasteiger partial charge in [-0.25, -0.2) is 9.37 Å². The first-order valence-corrected chi connectivity index (χ1v) is 6.28. The molecule has 0 aromatic carbocycles. The Morgan fingerprint density at radius 3 is 3.00 bits per heavy atom. The van der Waals surface area contributed by atoms with Crippen molar-refractivity contribution < 1.29 is 9.13 Å². The quantitative estimate of drug-likeness (QED) is 0.800. The summed E-state index contributed by atoms with van der Waals surface area (Å²) in [6.07, 6.45) is 3.70. The summed E-state index contributed by atoms with van der Waals surface area (Å²) < 4.78 is 18.3. The van der Waals surface area contributed by atoms with Crippen LogP contribution < -0.4 is 10.2 Å². The lowest BCUT2D eigenvalue weighted by Crippen LogP contribution is -2.26. The molecule has 0 amide bonds. The average molecular weight is 253 g/mol. The van der Waals surface area contributed by atoms with Crippen molar-refractivity contribution in [1.82, 2.24) is 10.3 Å². The summed E-state index contributed by atoms with van der Waals surface area (Å²) in [7, 11) is 3.61. The lowest BCUT2D eigenvalue weighted by Gasteiger charge is -2.21. The number of ether oxygens (including phenoxy) is 1. The van der Waals surface area contributed by atoms with Gasteiger partial charge in [0.1, 0.15) is 11.6 Å². The molecular formula is C13H20FN3O. The lowest BCUT2D eigenvalue weighted by molar-refractivity contribution is 0.206. The van der Waals surface area contributed by atoms with E-state index in [1.54, 1.807) is 13.2 Å². The van der Waals surface area contributed by atoms with E-state index >= 15 is 0 Å². The Balaban J connectivity index is 2.05. The molecule has 1 aliphatic carbocycles. The number of nitrogens with zero attached hydrogens (tertiary/aromatic N) is 2. The van der Waals surface area contributed by atoms with Crippen molar-refractivity contribution in [3.63, 3.8) is 0 Å². The van der Waals surface area contributed by atoms with Crippen LogP contribution in [0.1, 0.15) is 18.4 Å². The number of nitrogens with one attached hydrogen (secondary N) is 1. The van der Waals surface area contributed by atoms with Crippen molar-refractivity contribution >= 4 is 5.82 Å². The number of hydrogen-bond acceptors (Lipinski definition) is 4. The fourth-order valence-electron chi connectivity index (χ4n) is 1.82. The summed E-state index contributed by atoms with van der Waals surface area (Å²) >= 11 is 0. The number of likely N-dealkylation sites (N-methyl/N-ethyl adjacent to an activating group) is 1. The molecular weight excluding hydrogens is 233 g/mol. The number of anilines is 1. The molecule has 0 aliphatic heterocycles. The maximum absolute atomic E-state index is 13.3. The predicted octanol–water partition coefficient (Wildman–Crippen LogP) is 1.56. The van der Waals surface area contributed by atoms with Gasteiger partial charge >= 0.3 is 0 Å². The highest BCUT2D eigenvalue weighted by Crippen LogP contribution is 2.22. The summed E-state index contributed by atoms with van der Waals surface area (Å²) in [6, 6.07) is 2.16. The molecule has 18 heavy (non-hydrogen) atoms. The molecule has 0 unspecified atom stereocenters. The molecule has 0 atom stereocenters. The molecule has 1 aromatic rings. The first-order chi connectivity index (χ1) is 8.70. The van der Waals surface area contributed by atoms with Gasteiger partial charge in [0.2, 0.25) is 0 Å². The van der Waals surface area contributed by atoms with Gasteiger partial charge in [0.25, 0.3) is 0 Å². The minimum atomic E-state index is -0.286. The topological polar surface area (TPSA) is 37.4 Å². The molecule has 0 saturated heterocycles. The van der Waals surface area contributed by atoms with Crippen LogP contribution in [-0.2, 0) is 11.3 Å². The Hall–Kier alpha value is -1.20. The highest BCUT2D eigenvalue weighted by Gasteiger charge is 2.21. The molecule has 0 bridgehead atoms. The number of pyridine rings is 1. The largest absolute Gasteiger partial charge is 0.383 e. The Bertz CT molecular complexity index is 396. The van der Waals surface area contributed by atoms with E-state index in [2.05, 4.69) is 10.3 Å². The maximum Gasteiger partial charge on any atom is 0.141 e. The van der Waals surface area contributed by atoms with Gasteiger partial charge in [-0.3, -0.25) is 0 Å². The molecule has 1 N–H and O–H groups in total. The van der Waals surface area contributed by atoms with Crippen LogP contribution in [0.4, 0.5) is 10.2 Å². The third-order valence-electron chi connectivity index (χ3n) is 3.06. The van der Waals surface area contributed by atoms with Crippen LogP contribution in [0.5, 0.6) is 0 Å². The van der Waals surface area contributed by atoms with Crippen LogP contribution in [0.25, 0.3) is 0 Å². The minimum absolute atomic E-state index is 0.286. The highest BCUT2D eigenvalue weighted by molar-refractivity contribution is 5.46. The zero-order valence-electron chi connectivity index (χ0n) is 10.9. The van der Waals surface area contributed by atoms with Gasteiger partial charge in [0, 0.05) is 38.9 Å². The van der Waals surface area contributed by atoms with E-state index in [-0.39, 0.29) is 5.82 Å². The van der Waals surface area contributed by atoms with Gasteiger partial charge in [-0.05, 0) is 18.9 Å². The van der Waals surface area contributed by atoms with Crippen molar-refractivity contribution in [3.05, 3.63) is 23.6 Å². The second-order valence-corrected chi connectivity index (χ2v) is 4.71. The van der Waals surface area contributed by atoms with Crippen LogP contribution in [0.2, 0.25) is 0 Å². The van der Waals surface area contributed by atoms with Crippen molar-refractivity contribution in [2.45, 2.75) is 25.4 Å². The summed E-state index contributed by atoms with van der Waals surface area (Å²) in [5.41, 5.74) is 0.903. The van der Waals surface area contributed by atoms with Crippen molar-refractivity contribution in [2.24, 2.45) is 0 Å². The normalized spacial score (nSPS) is 14.8. The van der Waals surface area contributed by atoms with E-state index in [4.69, 9.17) is 4.74 Å². The Morgan fingerprint density at radius 1 is 1.56 bits per heavy atom. The van der Waals surface area contributed by atoms with E-state index in [1.807, 2.05) is 11.9 Å². The van der Waals surface area contributed by atoms with Gasteiger partial charge in [-0.1, -0.05) is 0 Å². The smallest absolute Gasteiger partial charge is 0.141 e. The molecule has 5 heteroatoms. The molecule has 1 heterocycles. The number of halogens is 1. The van der Waals surface area contributed by atoms with Crippen molar-refractivity contribution in [1.29, 1.82) is 0 Å². The van der Waals surface area contributed by atoms with Crippen molar-refractivity contribution in [2.75, 3.05) is 32.2 Å². The lowest BCUT2D eigenvalue weighted by atomic mass is 10.2. The van der Waals surface area contributed by atoms with E-state index in [1.165, 1.54) is 19.0 Å². The standard InChI is InChI=1S/C13H20FN3O/c1-17(5-6-18-2)13-10(7-11(14)9-16-13)8-15-12-3-4-12/h7,9,12,15H,3-6,8H2,1-2H3. The molecule has 1 aromatic heterocycles. The third kappa shape index (κ3) is 3.65. The average Bonchev–Trinajstić information content (AvgIpc) is 3.17. The van der Waals surface area contributed by atoms with E-state index < -0.39 is 0 Å². The zero-order valence-corrected chi connectivity index (χ0v) is 10.9. The fourth-order valence-corrected chi connectivity index (χ4v) is 1.82. The fraction of sp³-hybridized carbons (Fsp3) is 0.615. The van der Waals surface area contributed by atoms with E-state index in [0.29, 0.717) is 19.2 Å².